The van der Waals surface area contributed by atoms with E-state index in [0.717, 1.165) is 0 Å². The molecule has 22 heavy (non-hydrogen) atoms. The Morgan fingerprint density at radius 1 is 1.05 bits per heavy atom. The Morgan fingerprint density at radius 2 is 1.55 bits per heavy atom. The van der Waals surface area contributed by atoms with Crippen LogP contribution in [0.1, 0.15) is 25.7 Å². The molecule has 0 fully saturated rings. The molecule has 0 rings (SSSR count). The summed E-state index contributed by atoms with van der Waals surface area (Å²) < 4.78 is 101. The van der Waals surface area contributed by atoms with Crippen LogP contribution in [0.15, 0.2) is 0 Å². The standard InChI is InChI=1S/C10H15F6NO3S2/c1-21-8(11,9(12,13)14)10(15,16)22(19,20)6-4-2-3-5-7(17)18/h2-6H2,1H3,(H2,17,18). The average molecular weight is 375 g/mol. The maximum Gasteiger partial charge on any atom is 0.439 e. The zero-order valence-electron chi connectivity index (χ0n) is 11.4. The normalized spacial score (nSPS) is 16.3. The molecule has 0 saturated carbocycles. The minimum absolute atomic E-state index is 0.0250. The Kier molecular flexibility index (Phi) is 7.07. The van der Waals surface area contributed by atoms with E-state index in [1.54, 1.807) is 0 Å². The zero-order chi connectivity index (χ0) is 17.8. The summed E-state index contributed by atoms with van der Waals surface area (Å²) in [5.41, 5.74) is 4.80. The van der Waals surface area contributed by atoms with Gasteiger partial charge >= 0.3 is 16.4 Å². The fourth-order valence-electron chi connectivity index (χ4n) is 1.50. The van der Waals surface area contributed by atoms with E-state index >= 15 is 0 Å². The van der Waals surface area contributed by atoms with Gasteiger partial charge in [0.05, 0.1) is 5.75 Å². The number of primary amides is 1. The number of alkyl halides is 6. The van der Waals surface area contributed by atoms with Crippen LogP contribution in [-0.4, -0.2) is 42.8 Å². The van der Waals surface area contributed by atoms with Gasteiger partial charge in [0, 0.05) is 6.42 Å². The molecule has 0 saturated heterocycles. The van der Waals surface area contributed by atoms with Crippen molar-refractivity contribution in [3.05, 3.63) is 0 Å². The maximum atomic E-state index is 13.6. The highest BCUT2D eigenvalue weighted by Crippen LogP contribution is 2.54. The first-order valence-electron chi connectivity index (χ1n) is 5.92. The summed E-state index contributed by atoms with van der Waals surface area (Å²) in [6.45, 7) is 0. The molecular formula is C10H15F6NO3S2. The number of thioether (sulfide) groups is 1. The quantitative estimate of drug-likeness (QED) is 0.496. The van der Waals surface area contributed by atoms with Crippen molar-refractivity contribution in [3.63, 3.8) is 0 Å². The van der Waals surface area contributed by atoms with E-state index in [1.165, 1.54) is 0 Å². The molecule has 0 heterocycles. The third-order valence-corrected chi connectivity index (χ3v) is 5.82. The van der Waals surface area contributed by atoms with E-state index in [2.05, 4.69) is 0 Å². The van der Waals surface area contributed by atoms with Crippen LogP contribution in [0, 0.1) is 0 Å². The van der Waals surface area contributed by atoms with Crippen molar-refractivity contribution in [3.8, 4) is 0 Å². The van der Waals surface area contributed by atoms with Crippen molar-refractivity contribution in [1.82, 2.24) is 0 Å². The first-order valence-corrected chi connectivity index (χ1v) is 8.80. The lowest BCUT2D eigenvalue weighted by atomic mass is 10.2. The van der Waals surface area contributed by atoms with Gasteiger partial charge in [-0.05, 0) is 19.1 Å². The van der Waals surface area contributed by atoms with Crippen LogP contribution in [0.25, 0.3) is 0 Å². The summed E-state index contributed by atoms with van der Waals surface area (Å²) in [6.07, 6.45) is -6.13. The second-order valence-corrected chi connectivity index (χ2v) is 7.53. The van der Waals surface area contributed by atoms with Crippen molar-refractivity contribution >= 4 is 27.5 Å². The van der Waals surface area contributed by atoms with E-state index in [-0.39, 0.29) is 19.3 Å². The van der Waals surface area contributed by atoms with Crippen molar-refractivity contribution < 1.29 is 39.6 Å². The highest BCUT2D eigenvalue weighted by molar-refractivity contribution is 8.01. The van der Waals surface area contributed by atoms with Gasteiger partial charge in [-0.25, -0.2) is 12.8 Å². The van der Waals surface area contributed by atoms with Gasteiger partial charge in [0.1, 0.15) is 0 Å². The van der Waals surface area contributed by atoms with Gasteiger partial charge in [0.2, 0.25) is 15.7 Å². The molecule has 0 aromatic rings. The smallest absolute Gasteiger partial charge is 0.370 e. The van der Waals surface area contributed by atoms with Gasteiger partial charge in [0.15, 0.2) is 0 Å². The minimum atomic E-state index is -6.06. The molecule has 0 aromatic carbocycles. The molecule has 1 amide bonds. The van der Waals surface area contributed by atoms with Crippen molar-refractivity contribution in [1.29, 1.82) is 0 Å². The summed E-state index contributed by atoms with van der Waals surface area (Å²) in [5.74, 6) is -2.02. The second kappa shape index (κ2) is 7.28. The lowest BCUT2D eigenvalue weighted by Gasteiger charge is -2.32. The first kappa shape index (κ1) is 21.4. The van der Waals surface area contributed by atoms with Crippen LogP contribution >= 0.6 is 11.8 Å². The van der Waals surface area contributed by atoms with Gasteiger partial charge < -0.3 is 5.73 Å². The lowest BCUT2D eigenvalue weighted by Crippen LogP contribution is -2.57. The van der Waals surface area contributed by atoms with Gasteiger partial charge in [-0.3, -0.25) is 4.79 Å². The molecule has 0 aliphatic rings. The fourth-order valence-corrected chi connectivity index (χ4v) is 3.95. The third kappa shape index (κ3) is 4.43. The molecule has 0 radical (unpaired) electrons. The highest BCUT2D eigenvalue weighted by Gasteiger charge is 2.76. The van der Waals surface area contributed by atoms with E-state index in [0.29, 0.717) is 6.26 Å². The molecule has 0 spiro atoms. The number of amides is 1. The number of halogens is 6. The minimum Gasteiger partial charge on any atom is -0.370 e. The number of hydrogen-bond acceptors (Lipinski definition) is 4. The Labute approximate surface area is 127 Å². The highest BCUT2D eigenvalue weighted by atomic mass is 32.2. The number of nitrogens with two attached hydrogens (primary N) is 1. The number of rotatable bonds is 9. The summed E-state index contributed by atoms with van der Waals surface area (Å²) >= 11 is -0.921. The molecular weight excluding hydrogens is 360 g/mol. The van der Waals surface area contributed by atoms with Crippen LogP contribution < -0.4 is 5.73 Å². The number of carbonyl (C=O) groups excluding carboxylic acids is 1. The second-order valence-electron chi connectivity index (χ2n) is 4.41. The molecule has 1 atom stereocenters. The van der Waals surface area contributed by atoms with Gasteiger partial charge in [0.25, 0.3) is 0 Å². The molecule has 2 N–H and O–H groups in total. The molecule has 0 aromatic heterocycles. The third-order valence-electron chi connectivity index (χ3n) is 2.75. The predicted octanol–water partition coefficient (Wildman–Crippen LogP) is 2.63. The van der Waals surface area contributed by atoms with E-state index in [9.17, 15) is 39.6 Å². The van der Waals surface area contributed by atoms with Crippen molar-refractivity contribution in [2.45, 2.75) is 42.1 Å². The molecule has 12 heteroatoms. The molecule has 132 valence electrons. The summed E-state index contributed by atoms with van der Waals surface area (Å²) in [4.78, 5) is 10.4. The van der Waals surface area contributed by atoms with Crippen molar-refractivity contribution in [2.75, 3.05) is 12.0 Å². The predicted molar refractivity (Wildman–Crippen MR) is 69.8 cm³/mol. The largest absolute Gasteiger partial charge is 0.439 e. The van der Waals surface area contributed by atoms with Crippen LogP contribution in [0.4, 0.5) is 26.3 Å². The van der Waals surface area contributed by atoms with Gasteiger partial charge in [-0.15, -0.1) is 11.8 Å². The monoisotopic (exact) mass is 375 g/mol. The Bertz CT molecular complexity index is 493. The topological polar surface area (TPSA) is 77.2 Å². The number of unbranched alkanes of at least 4 members (excludes halogenated alkanes) is 2. The summed E-state index contributed by atoms with van der Waals surface area (Å²) in [5, 5.41) is -10.9. The van der Waals surface area contributed by atoms with Crippen molar-refractivity contribution in [2.24, 2.45) is 5.73 Å². The molecule has 1 unspecified atom stereocenters. The fraction of sp³-hybridized carbons (Fsp3) is 0.900. The van der Waals surface area contributed by atoms with E-state index in [4.69, 9.17) is 5.73 Å². The van der Waals surface area contributed by atoms with Crippen LogP contribution in [0.5, 0.6) is 0 Å². The summed E-state index contributed by atoms with van der Waals surface area (Å²) in [6, 6.07) is 0. The van der Waals surface area contributed by atoms with Gasteiger partial charge in [-0.1, -0.05) is 6.42 Å². The lowest BCUT2D eigenvalue weighted by molar-refractivity contribution is -0.238. The SMILES string of the molecule is CSC(F)(C(F)(F)F)C(F)(F)S(=O)(=O)CCCCCC(N)=O. The van der Waals surface area contributed by atoms with Crippen LogP contribution in [0.3, 0.4) is 0 Å². The molecule has 0 aliphatic heterocycles. The summed E-state index contributed by atoms with van der Waals surface area (Å²) in [7, 11) is -5.68. The zero-order valence-corrected chi connectivity index (χ0v) is 13.1. The van der Waals surface area contributed by atoms with E-state index in [1.807, 2.05) is 0 Å². The van der Waals surface area contributed by atoms with E-state index < -0.39 is 56.1 Å². The number of hydrogen-bond donors (Lipinski definition) is 1. The Morgan fingerprint density at radius 3 is 1.91 bits per heavy atom. The first-order chi connectivity index (χ1) is 9.73. The van der Waals surface area contributed by atoms with Gasteiger partial charge in [-0.2, -0.15) is 22.0 Å². The molecule has 0 aliphatic carbocycles. The maximum absolute atomic E-state index is 13.6. The number of carbonyl (C=O) groups is 1. The average Bonchev–Trinajstić information content (AvgIpc) is 2.34. The molecule has 4 nitrogen and oxygen atoms in total. The Hall–Kier alpha value is -0.650. The number of sulfone groups is 1. The molecule has 0 bridgehead atoms. The van der Waals surface area contributed by atoms with Crippen LogP contribution in [-0.2, 0) is 14.6 Å². The Balaban J connectivity index is 5.05. The van der Waals surface area contributed by atoms with Crippen LogP contribution in [0.2, 0.25) is 0 Å².